The number of rotatable bonds is 6. The molecule has 0 bridgehead atoms. The quantitative estimate of drug-likeness (QED) is 0.730. The van der Waals surface area contributed by atoms with Gasteiger partial charge in [0.2, 0.25) is 0 Å². The van der Waals surface area contributed by atoms with Crippen LogP contribution < -0.4 is 0 Å². The Labute approximate surface area is 105 Å². The molecule has 1 fully saturated rings. The van der Waals surface area contributed by atoms with Crippen LogP contribution in [0, 0.1) is 11.8 Å². The van der Waals surface area contributed by atoms with E-state index in [-0.39, 0.29) is 18.3 Å². The summed E-state index contributed by atoms with van der Waals surface area (Å²) >= 11 is 0. The van der Waals surface area contributed by atoms with Gasteiger partial charge in [-0.1, -0.05) is 13.8 Å². The predicted molar refractivity (Wildman–Crippen MR) is 69.0 cm³/mol. The van der Waals surface area contributed by atoms with Crippen LogP contribution in [0.1, 0.15) is 47.0 Å². The Morgan fingerprint density at radius 1 is 1.12 bits per heavy atom. The molecule has 0 saturated heterocycles. The lowest BCUT2D eigenvalue weighted by atomic mass is 9.79. The molecule has 3 atom stereocenters. The summed E-state index contributed by atoms with van der Waals surface area (Å²) in [4.78, 5) is 0. The van der Waals surface area contributed by atoms with Gasteiger partial charge in [0.05, 0.1) is 31.5 Å². The molecule has 1 saturated carbocycles. The van der Waals surface area contributed by atoms with Gasteiger partial charge in [-0.25, -0.2) is 0 Å². The summed E-state index contributed by atoms with van der Waals surface area (Å²) in [6, 6.07) is 0. The van der Waals surface area contributed by atoms with Crippen LogP contribution in [0.3, 0.4) is 0 Å². The largest absolute Gasteiger partial charge is 0.390 e. The molecule has 1 aliphatic rings. The number of ether oxygens (including phenoxy) is 2. The van der Waals surface area contributed by atoms with Crippen molar-refractivity contribution in [1.82, 2.24) is 0 Å². The maximum atomic E-state index is 9.91. The topological polar surface area (TPSA) is 38.7 Å². The lowest BCUT2D eigenvalue weighted by Gasteiger charge is -2.35. The molecule has 0 heterocycles. The van der Waals surface area contributed by atoms with Gasteiger partial charge in [-0.3, -0.25) is 0 Å². The molecule has 0 radical (unpaired) electrons. The van der Waals surface area contributed by atoms with E-state index >= 15 is 0 Å². The fraction of sp³-hybridized carbons (Fsp3) is 1.00. The van der Waals surface area contributed by atoms with E-state index in [1.807, 2.05) is 13.8 Å². The lowest BCUT2D eigenvalue weighted by molar-refractivity contribution is -0.0921. The normalized spacial score (nSPS) is 30.2. The predicted octanol–water partition coefficient (Wildman–Crippen LogP) is 2.61. The Kier molecular flexibility index (Phi) is 6.45. The summed E-state index contributed by atoms with van der Waals surface area (Å²) in [5, 5.41) is 9.91. The van der Waals surface area contributed by atoms with Gasteiger partial charge in [-0.05, 0) is 44.9 Å². The molecule has 3 nitrogen and oxygen atoms in total. The van der Waals surface area contributed by atoms with E-state index in [2.05, 4.69) is 13.8 Å². The van der Waals surface area contributed by atoms with Gasteiger partial charge in [0.15, 0.2) is 0 Å². The van der Waals surface area contributed by atoms with Crippen molar-refractivity contribution >= 4 is 0 Å². The third kappa shape index (κ3) is 5.36. The van der Waals surface area contributed by atoms with E-state index in [9.17, 15) is 5.11 Å². The number of hydrogen-bond donors (Lipinski definition) is 1. The zero-order chi connectivity index (χ0) is 12.8. The first kappa shape index (κ1) is 14.9. The van der Waals surface area contributed by atoms with Gasteiger partial charge in [0, 0.05) is 0 Å². The van der Waals surface area contributed by atoms with Crippen LogP contribution in [0.5, 0.6) is 0 Å². The average Bonchev–Trinajstić information content (AvgIpc) is 2.25. The van der Waals surface area contributed by atoms with Crippen molar-refractivity contribution in [3.63, 3.8) is 0 Å². The van der Waals surface area contributed by atoms with Crippen LogP contribution in [0.15, 0.2) is 0 Å². The van der Waals surface area contributed by atoms with Crippen molar-refractivity contribution in [1.29, 1.82) is 0 Å². The molecule has 17 heavy (non-hydrogen) atoms. The Balaban J connectivity index is 2.25. The maximum Gasteiger partial charge on any atom is 0.0837 e. The molecule has 0 aromatic heterocycles. The second kappa shape index (κ2) is 7.34. The zero-order valence-corrected chi connectivity index (χ0v) is 11.7. The molecule has 1 aliphatic carbocycles. The van der Waals surface area contributed by atoms with E-state index in [1.165, 1.54) is 0 Å². The van der Waals surface area contributed by atoms with Crippen molar-refractivity contribution in [2.45, 2.75) is 65.3 Å². The van der Waals surface area contributed by atoms with Crippen molar-refractivity contribution in [3.8, 4) is 0 Å². The van der Waals surface area contributed by atoms with Crippen molar-refractivity contribution in [3.05, 3.63) is 0 Å². The molecule has 1 rings (SSSR count). The van der Waals surface area contributed by atoms with Crippen molar-refractivity contribution in [2.75, 3.05) is 13.2 Å². The summed E-state index contributed by atoms with van der Waals surface area (Å²) in [6.45, 7) is 9.75. The lowest BCUT2D eigenvalue weighted by Crippen LogP contribution is -2.38. The van der Waals surface area contributed by atoms with Crippen LogP contribution in [-0.2, 0) is 9.47 Å². The molecule has 0 aromatic rings. The first-order valence-corrected chi connectivity index (χ1v) is 6.92. The SMILES string of the molecule is CC(C)OCCOC1CC(C(C)C)CCC1O. The minimum absolute atomic E-state index is 0.00640. The van der Waals surface area contributed by atoms with Crippen molar-refractivity contribution < 1.29 is 14.6 Å². The molecule has 3 unspecified atom stereocenters. The average molecular weight is 244 g/mol. The van der Waals surface area contributed by atoms with Crippen LogP contribution in [0.25, 0.3) is 0 Å². The zero-order valence-electron chi connectivity index (χ0n) is 11.7. The van der Waals surface area contributed by atoms with Crippen LogP contribution in [0.2, 0.25) is 0 Å². The van der Waals surface area contributed by atoms with Gasteiger partial charge in [-0.15, -0.1) is 0 Å². The Bertz CT molecular complexity index is 204. The third-order valence-corrected chi connectivity index (χ3v) is 3.61. The molecule has 0 amide bonds. The summed E-state index contributed by atoms with van der Waals surface area (Å²) in [5.74, 6) is 1.37. The van der Waals surface area contributed by atoms with Crippen LogP contribution >= 0.6 is 0 Å². The number of hydrogen-bond acceptors (Lipinski definition) is 3. The highest BCUT2D eigenvalue weighted by Crippen LogP contribution is 2.31. The maximum absolute atomic E-state index is 9.91. The number of aliphatic hydroxyl groups is 1. The number of aliphatic hydroxyl groups excluding tert-OH is 1. The summed E-state index contributed by atoms with van der Waals surface area (Å²) in [5.41, 5.74) is 0. The molecule has 0 spiro atoms. The molecule has 1 N–H and O–H groups in total. The van der Waals surface area contributed by atoms with Gasteiger partial charge >= 0.3 is 0 Å². The minimum Gasteiger partial charge on any atom is -0.390 e. The minimum atomic E-state index is -0.288. The highest BCUT2D eigenvalue weighted by atomic mass is 16.5. The fourth-order valence-corrected chi connectivity index (χ4v) is 2.41. The highest BCUT2D eigenvalue weighted by molar-refractivity contribution is 4.81. The van der Waals surface area contributed by atoms with Gasteiger partial charge in [0.1, 0.15) is 0 Å². The van der Waals surface area contributed by atoms with Crippen LogP contribution in [-0.4, -0.2) is 36.6 Å². The van der Waals surface area contributed by atoms with E-state index in [0.29, 0.717) is 25.0 Å². The second-order valence-electron chi connectivity index (χ2n) is 5.71. The monoisotopic (exact) mass is 244 g/mol. The molecule has 102 valence electrons. The van der Waals surface area contributed by atoms with E-state index < -0.39 is 0 Å². The molecular formula is C14H28O3. The van der Waals surface area contributed by atoms with E-state index in [1.54, 1.807) is 0 Å². The standard InChI is InChI=1S/C14H28O3/c1-10(2)12-5-6-13(15)14(9-12)17-8-7-16-11(3)4/h10-15H,5-9H2,1-4H3. The summed E-state index contributed by atoms with van der Waals surface area (Å²) in [7, 11) is 0. The Morgan fingerprint density at radius 3 is 2.41 bits per heavy atom. The summed E-state index contributed by atoms with van der Waals surface area (Å²) < 4.78 is 11.2. The first-order valence-electron chi connectivity index (χ1n) is 6.92. The molecule has 3 heteroatoms. The van der Waals surface area contributed by atoms with Gasteiger partial charge in [0.25, 0.3) is 0 Å². The van der Waals surface area contributed by atoms with Crippen LogP contribution in [0.4, 0.5) is 0 Å². The smallest absolute Gasteiger partial charge is 0.0837 e. The molecule has 0 aromatic carbocycles. The highest BCUT2D eigenvalue weighted by Gasteiger charge is 2.31. The fourth-order valence-electron chi connectivity index (χ4n) is 2.41. The van der Waals surface area contributed by atoms with Gasteiger partial charge in [-0.2, -0.15) is 0 Å². The Hall–Kier alpha value is -0.120. The molecule has 0 aliphatic heterocycles. The van der Waals surface area contributed by atoms with Crippen molar-refractivity contribution in [2.24, 2.45) is 11.8 Å². The molecular weight excluding hydrogens is 216 g/mol. The third-order valence-electron chi connectivity index (χ3n) is 3.61. The van der Waals surface area contributed by atoms with E-state index in [0.717, 1.165) is 19.3 Å². The summed E-state index contributed by atoms with van der Waals surface area (Å²) in [6.07, 6.45) is 2.95. The first-order chi connectivity index (χ1) is 8.00. The Morgan fingerprint density at radius 2 is 1.82 bits per heavy atom. The second-order valence-corrected chi connectivity index (χ2v) is 5.71. The van der Waals surface area contributed by atoms with E-state index in [4.69, 9.17) is 9.47 Å². The van der Waals surface area contributed by atoms with Gasteiger partial charge < -0.3 is 14.6 Å².